The summed E-state index contributed by atoms with van der Waals surface area (Å²) in [5.41, 5.74) is 4.55. The van der Waals surface area contributed by atoms with Crippen molar-refractivity contribution in [3.05, 3.63) is 59.2 Å². The molecule has 1 aliphatic heterocycles. The minimum absolute atomic E-state index is 0. The van der Waals surface area contributed by atoms with Crippen molar-refractivity contribution in [2.45, 2.75) is 32.9 Å². The van der Waals surface area contributed by atoms with Crippen LogP contribution >= 0.6 is 12.4 Å². The van der Waals surface area contributed by atoms with Crippen LogP contribution in [0.3, 0.4) is 0 Å². The van der Waals surface area contributed by atoms with Crippen LogP contribution in [0, 0.1) is 19.7 Å². The number of benzene rings is 1. The third-order valence-corrected chi connectivity index (χ3v) is 4.84. The van der Waals surface area contributed by atoms with Crippen molar-refractivity contribution in [1.29, 1.82) is 0 Å². The molecule has 0 N–H and O–H groups in total. The van der Waals surface area contributed by atoms with Crippen LogP contribution in [-0.2, 0) is 17.7 Å². The van der Waals surface area contributed by atoms with E-state index < -0.39 is 0 Å². The average Bonchev–Trinajstić information content (AvgIpc) is 3.40. The van der Waals surface area contributed by atoms with Crippen molar-refractivity contribution in [1.82, 2.24) is 9.55 Å². The Kier molecular flexibility index (Phi) is 5.49. The number of fused-ring (bicyclic) bond motifs is 1. The molecule has 3 aromatic rings. The highest BCUT2D eigenvalue weighted by Crippen LogP contribution is 2.32. The summed E-state index contributed by atoms with van der Waals surface area (Å²) in [6.07, 6.45) is 2.80. The molecule has 1 aliphatic rings. The monoisotopic (exact) mass is 376 g/mol. The zero-order chi connectivity index (χ0) is 17.4. The summed E-state index contributed by atoms with van der Waals surface area (Å²) >= 11 is 0. The van der Waals surface area contributed by atoms with Crippen molar-refractivity contribution < 1.29 is 13.9 Å². The first-order chi connectivity index (χ1) is 12.1. The Morgan fingerprint density at radius 1 is 1.23 bits per heavy atom. The maximum atomic E-state index is 13.0. The van der Waals surface area contributed by atoms with Crippen LogP contribution in [0.4, 0.5) is 4.39 Å². The second-order valence-electron chi connectivity index (χ2n) is 6.51. The quantitative estimate of drug-likeness (QED) is 0.604. The SMILES string of the molecule is Cc1c(C)n(CC2CO2)c2c(OCCc3ccc(F)cc3)nccc12.Cl. The number of aryl methyl sites for hydroxylation is 1. The third-order valence-electron chi connectivity index (χ3n) is 4.84. The van der Waals surface area contributed by atoms with Crippen molar-refractivity contribution in [3.8, 4) is 5.88 Å². The summed E-state index contributed by atoms with van der Waals surface area (Å²) < 4.78 is 26.6. The smallest absolute Gasteiger partial charge is 0.238 e. The molecule has 4 nitrogen and oxygen atoms in total. The van der Waals surface area contributed by atoms with E-state index in [2.05, 4.69) is 23.4 Å². The first kappa shape index (κ1) is 18.7. The molecule has 1 saturated heterocycles. The Morgan fingerprint density at radius 3 is 2.65 bits per heavy atom. The van der Waals surface area contributed by atoms with Crippen molar-refractivity contribution >= 4 is 23.3 Å². The molecule has 0 saturated carbocycles. The molecule has 138 valence electrons. The summed E-state index contributed by atoms with van der Waals surface area (Å²) in [5.74, 6) is 0.429. The Labute approximate surface area is 158 Å². The van der Waals surface area contributed by atoms with Crippen LogP contribution in [-0.4, -0.2) is 28.9 Å². The second-order valence-corrected chi connectivity index (χ2v) is 6.51. The van der Waals surface area contributed by atoms with E-state index in [0.717, 1.165) is 24.2 Å². The van der Waals surface area contributed by atoms with Crippen molar-refractivity contribution in [3.63, 3.8) is 0 Å². The predicted octanol–water partition coefficient (Wildman–Crippen LogP) is 4.23. The van der Waals surface area contributed by atoms with E-state index in [4.69, 9.17) is 9.47 Å². The molecule has 6 heteroatoms. The van der Waals surface area contributed by atoms with Crippen LogP contribution in [0.5, 0.6) is 5.88 Å². The second kappa shape index (κ2) is 7.64. The van der Waals surface area contributed by atoms with E-state index in [0.29, 0.717) is 25.0 Å². The van der Waals surface area contributed by atoms with Crippen LogP contribution in [0.2, 0.25) is 0 Å². The standard InChI is InChI=1S/C20H21FN2O2.ClH/c1-13-14(2)23(11-17-12-25-17)19-18(13)7-9-22-20(19)24-10-8-15-3-5-16(21)6-4-15;/h3-7,9,17H,8,10-12H2,1-2H3;1H. The number of epoxide rings is 1. The van der Waals surface area contributed by atoms with E-state index in [1.165, 1.54) is 28.8 Å². The van der Waals surface area contributed by atoms with E-state index in [-0.39, 0.29) is 18.2 Å². The first-order valence-electron chi connectivity index (χ1n) is 8.56. The molecule has 0 bridgehead atoms. The van der Waals surface area contributed by atoms with Crippen LogP contribution in [0.15, 0.2) is 36.5 Å². The lowest BCUT2D eigenvalue weighted by atomic mass is 10.1. The highest BCUT2D eigenvalue weighted by molar-refractivity contribution is 5.88. The van der Waals surface area contributed by atoms with Gasteiger partial charge in [-0.05, 0) is 43.2 Å². The normalized spacial score (nSPS) is 15.7. The number of halogens is 2. The van der Waals surface area contributed by atoms with E-state index in [1.807, 2.05) is 6.07 Å². The number of ether oxygens (including phenoxy) is 2. The lowest BCUT2D eigenvalue weighted by Gasteiger charge is -2.11. The Bertz CT molecular complexity index is 904. The minimum Gasteiger partial charge on any atom is -0.476 e. The molecule has 1 unspecified atom stereocenters. The minimum atomic E-state index is -0.220. The first-order valence-corrected chi connectivity index (χ1v) is 8.56. The lowest BCUT2D eigenvalue weighted by molar-refractivity contribution is 0.311. The molecule has 1 aromatic carbocycles. The fourth-order valence-electron chi connectivity index (χ4n) is 3.19. The predicted molar refractivity (Wildman–Crippen MR) is 102 cm³/mol. The largest absolute Gasteiger partial charge is 0.476 e. The molecule has 4 rings (SSSR count). The Balaban J connectivity index is 0.00000196. The van der Waals surface area contributed by atoms with Crippen LogP contribution in [0.25, 0.3) is 10.9 Å². The number of rotatable bonds is 6. The maximum Gasteiger partial charge on any atom is 0.238 e. The Morgan fingerprint density at radius 2 is 1.96 bits per heavy atom. The Hall–Kier alpha value is -2.11. The van der Waals surface area contributed by atoms with Gasteiger partial charge < -0.3 is 14.0 Å². The van der Waals surface area contributed by atoms with Gasteiger partial charge in [-0.1, -0.05) is 12.1 Å². The molecule has 0 amide bonds. The molecular weight excluding hydrogens is 355 g/mol. The topological polar surface area (TPSA) is 39.6 Å². The van der Waals surface area contributed by atoms with Gasteiger partial charge in [0.2, 0.25) is 5.88 Å². The van der Waals surface area contributed by atoms with Gasteiger partial charge in [-0.25, -0.2) is 9.37 Å². The van der Waals surface area contributed by atoms with Gasteiger partial charge in [0, 0.05) is 23.7 Å². The molecule has 26 heavy (non-hydrogen) atoms. The number of hydrogen-bond donors (Lipinski definition) is 0. The average molecular weight is 377 g/mol. The van der Waals surface area contributed by atoms with Crippen molar-refractivity contribution in [2.24, 2.45) is 0 Å². The molecule has 0 aliphatic carbocycles. The fraction of sp³-hybridized carbons (Fsp3) is 0.350. The third kappa shape index (κ3) is 3.69. The summed E-state index contributed by atoms with van der Waals surface area (Å²) in [4.78, 5) is 4.45. The zero-order valence-electron chi connectivity index (χ0n) is 14.9. The van der Waals surface area contributed by atoms with Gasteiger partial charge in [0.05, 0.1) is 25.9 Å². The summed E-state index contributed by atoms with van der Waals surface area (Å²) in [5, 5.41) is 1.17. The lowest BCUT2D eigenvalue weighted by Crippen LogP contribution is -2.09. The molecular formula is C20H22ClFN2O2. The van der Waals surface area contributed by atoms with Gasteiger partial charge in [0.15, 0.2) is 0 Å². The number of hydrogen-bond acceptors (Lipinski definition) is 3. The van der Waals surface area contributed by atoms with Gasteiger partial charge in [0.25, 0.3) is 0 Å². The van der Waals surface area contributed by atoms with Crippen LogP contribution in [0.1, 0.15) is 16.8 Å². The van der Waals surface area contributed by atoms with Crippen molar-refractivity contribution in [2.75, 3.05) is 13.2 Å². The molecule has 3 heterocycles. The molecule has 1 fully saturated rings. The van der Waals surface area contributed by atoms with E-state index >= 15 is 0 Å². The highest BCUT2D eigenvalue weighted by Gasteiger charge is 2.26. The number of nitrogens with zero attached hydrogens (tertiary/aromatic N) is 2. The summed E-state index contributed by atoms with van der Waals surface area (Å²) in [7, 11) is 0. The maximum absolute atomic E-state index is 13.0. The highest BCUT2D eigenvalue weighted by atomic mass is 35.5. The van der Waals surface area contributed by atoms with E-state index in [1.54, 1.807) is 18.3 Å². The van der Waals surface area contributed by atoms with Gasteiger partial charge in [-0.15, -0.1) is 12.4 Å². The molecule has 0 radical (unpaired) electrons. The van der Waals surface area contributed by atoms with Gasteiger partial charge in [0.1, 0.15) is 11.3 Å². The molecule has 0 spiro atoms. The van der Waals surface area contributed by atoms with Gasteiger partial charge in [-0.3, -0.25) is 0 Å². The van der Waals surface area contributed by atoms with E-state index in [9.17, 15) is 4.39 Å². The molecule has 1 atom stereocenters. The summed E-state index contributed by atoms with van der Waals surface area (Å²) in [6.45, 7) is 6.40. The number of aromatic nitrogens is 2. The zero-order valence-corrected chi connectivity index (χ0v) is 15.7. The van der Waals surface area contributed by atoms with Gasteiger partial charge in [-0.2, -0.15) is 0 Å². The van der Waals surface area contributed by atoms with Gasteiger partial charge >= 0.3 is 0 Å². The molecule has 2 aromatic heterocycles. The summed E-state index contributed by atoms with van der Waals surface area (Å²) in [6, 6.07) is 8.56. The number of pyridine rings is 1. The fourth-order valence-corrected chi connectivity index (χ4v) is 3.19. The van der Waals surface area contributed by atoms with Crippen LogP contribution < -0.4 is 4.74 Å².